The lowest BCUT2D eigenvalue weighted by Crippen LogP contribution is -2.37. The van der Waals surface area contributed by atoms with Crippen molar-refractivity contribution < 1.29 is 17.9 Å². The largest absolute Gasteiger partial charge is 0.463 e. The van der Waals surface area contributed by atoms with Crippen molar-refractivity contribution in [2.24, 2.45) is 0 Å². The van der Waals surface area contributed by atoms with Crippen molar-refractivity contribution in [1.29, 1.82) is 0 Å². The van der Waals surface area contributed by atoms with Crippen LogP contribution < -0.4 is 0 Å². The van der Waals surface area contributed by atoms with Gasteiger partial charge < -0.3 is 4.74 Å². The summed E-state index contributed by atoms with van der Waals surface area (Å²) in [5, 5.41) is 0. The highest BCUT2D eigenvalue weighted by molar-refractivity contribution is 7.89. The molecule has 0 spiro atoms. The Morgan fingerprint density at radius 3 is 2.68 bits per heavy atom. The molecule has 0 saturated heterocycles. The molecule has 0 N–H and O–H groups in total. The number of fused-ring (bicyclic) bond motifs is 1. The zero-order chi connectivity index (χ0) is 18.0. The van der Waals surface area contributed by atoms with E-state index in [2.05, 4.69) is 0 Å². The van der Waals surface area contributed by atoms with Gasteiger partial charge >= 0.3 is 5.97 Å². The molecule has 1 aromatic carbocycles. The fourth-order valence-corrected chi connectivity index (χ4v) is 5.09. The molecule has 0 aromatic heterocycles. The summed E-state index contributed by atoms with van der Waals surface area (Å²) in [6.07, 6.45) is 6.80. The predicted molar refractivity (Wildman–Crippen MR) is 95.3 cm³/mol. The van der Waals surface area contributed by atoms with Crippen molar-refractivity contribution in [3.8, 4) is 0 Å². The third-order valence-electron chi connectivity index (χ3n) is 4.62. The van der Waals surface area contributed by atoms with E-state index in [0.717, 1.165) is 36.8 Å². The van der Waals surface area contributed by atoms with Gasteiger partial charge in [0.2, 0.25) is 0 Å². The molecule has 6 heteroatoms. The van der Waals surface area contributed by atoms with Gasteiger partial charge in [-0.3, -0.25) is 4.31 Å². The van der Waals surface area contributed by atoms with Crippen LogP contribution in [0, 0.1) is 6.92 Å². The maximum absolute atomic E-state index is 13.3. The van der Waals surface area contributed by atoms with E-state index >= 15 is 0 Å². The first-order valence-electron chi connectivity index (χ1n) is 8.63. The molecule has 0 bridgehead atoms. The fraction of sp³-hybridized carbons (Fsp3) is 0.421. The van der Waals surface area contributed by atoms with Crippen LogP contribution >= 0.6 is 0 Å². The van der Waals surface area contributed by atoms with E-state index in [4.69, 9.17) is 4.74 Å². The molecular formula is C19H23NO4S. The van der Waals surface area contributed by atoms with Gasteiger partial charge in [-0.1, -0.05) is 24.1 Å². The minimum Gasteiger partial charge on any atom is -0.463 e. The van der Waals surface area contributed by atoms with E-state index in [1.807, 2.05) is 13.0 Å². The number of hydrogen-bond acceptors (Lipinski definition) is 4. The molecule has 1 atom stereocenters. The summed E-state index contributed by atoms with van der Waals surface area (Å²) >= 11 is 0. The molecular weight excluding hydrogens is 338 g/mol. The standard InChI is InChI=1S/C19H23NO4S/c1-3-24-19(21)13-16-12-15-6-4-5-7-18(15)20(16)25(22,23)17-10-8-14(2)9-11-17/h8-13,18H,3-7H2,1-2H3. The average molecular weight is 361 g/mol. The minimum atomic E-state index is -3.73. The average Bonchev–Trinajstić information content (AvgIpc) is 2.93. The lowest BCUT2D eigenvalue weighted by molar-refractivity contribution is -0.137. The van der Waals surface area contributed by atoms with Crippen molar-refractivity contribution in [3.63, 3.8) is 0 Å². The Balaban J connectivity index is 2.03. The lowest BCUT2D eigenvalue weighted by Gasteiger charge is -2.31. The summed E-state index contributed by atoms with van der Waals surface area (Å²) in [5.41, 5.74) is 2.48. The van der Waals surface area contributed by atoms with Crippen molar-refractivity contribution in [1.82, 2.24) is 4.31 Å². The number of carbonyl (C=O) groups excluding carboxylic acids is 1. The van der Waals surface area contributed by atoms with Gasteiger partial charge in [-0.05, 0) is 56.9 Å². The Kier molecular flexibility index (Phi) is 4.99. The quantitative estimate of drug-likeness (QED) is 0.610. The van der Waals surface area contributed by atoms with Crippen LogP contribution in [0.5, 0.6) is 0 Å². The Labute approximate surface area is 149 Å². The molecule has 1 fully saturated rings. The second kappa shape index (κ2) is 7.04. The number of nitrogens with zero attached hydrogens (tertiary/aromatic N) is 1. The summed E-state index contributed by atoms with van der Waals surface area (Å²) in [6, 6.07) is 6.61. The number of carbonyl (C=O) groups is 1. The predicted octanol–water partition coefficient (Wildman–Crippen LogP) is 3.32. The molecule has 2 aliphatic rings. The van der Waals surface area contributed by atoms with E-state index in [0.29, 0.717) is 5.70 Å². The van der Waals surface area contributed by atoms with E-state index in [1.54, 1.807) is 31.2 Å². The summed E-state index contributed by atoms with van der Waals surface area (Å²) in [4.78, 5) is 12.2. The normalized spacial score (nSPS) is 21.8. The van der Waals surface area contributed by atoms with Crippen molar-refractivity contribution in [3.05, 3.63) is 53.3 Å². The number of ether oxygens (including phenoxy) is 1. The first-order valence-corrected chi connectivity index (χ1v) is 10.1. The van der Waals surface area contributed by atoms with E-state index in [-0.39, 0.29) is 17.5 Å². The van der Waals surface area contributed by atoms with Gasteiger partial charge in [0.05, 0.1) is 23.2 Å². The molecule has 1 aliphatic carbocycles. The highest BCUT2D eigenvalue weighted by Gasteiger charge is 2.40. The number of rotatable bonds is 4. The topological polar surface area (TPSA) is 63.7 Å². The Morgan fingerprint density at radius 2 is 2.00 bits per heavy atom. The highest BCUT2D eigenvalue weighted by Crippen LogP contribution is 2.40. The Morgan fingerprint density at radius 1 is 1.28 bits per heavy atom. The number of esters is 1. The first kappa shape index (κ1) is 17.7. The van der Waals surface area contributed by atoms with E-state index < -0.39 is 16.0 Å². The van der Waals surface area contributed by atoms with Crippen molar-refractivity contribution in [2.75, 3.05) is 6.61 Å². The minimum absolute atomic E-state index is 0.194. The number of sulfonamides is 1. The third-order valence-corrected chi connectivity index (χ3v) is 6.47. The molecule has 1 saturated carbocycles. The van der Waals surface area contributed by atoms with Crippen LogP contribution in [-0.4, -0.2) is 31.3 Å². The zero-order valence-corrected chi connectivity index (χ0v) is 15.4. The van der Waals surface area contributed by atoms with Crippen LogP contribution in [-0.2, 0) is 19.6 Å². The van der Waals surface area contributed by atoms with Crippen molar-refractivity contribution in [2.45, 2.75) is 50.5 Å². The van der Waals surface area contributed by atoms with E-state index in [9.17, 15) is 13.2 Å². The first-order chi connectivity index (χ1) is 11.9. The molecule has 0 amide bonds. The van der Waals surface area contributed by atoms with Gasteiger partial charge in [0.15, 0.2) is 0 Å². The molecule has 3 rings (SSSR count). The Bertz CT molecular complexity index is 821. The third kappa shape index (κ3) is 3.49. The Hall–Kier alpha value is -2.08. The summed E-state index contributed by atoms with van der Waals surface area (Å²) < 4.78 is 32.9. The van der Waals surface area contributed by atoms with Crippen LogP contribution in [0.25, 0.3) is 0 Å². The monoisotopic (exact) mass is 361 g/mol. The van der Waals surface area contributed by atoms with E-state index in [1.165, 1.54) is 10.4 Å². The zero-order valence-electron chi connectivity index (χ0n) is 14.6. The van der Waals surface area contributed by atoms with Gasteiger partial charge in [0, 0.05) is 6.08 Å². The maximum Gasteiger partial charge on any atom is 0.332 e. The summed E-state index contributed by atoms with van der Waals surface area (Å²) in [7, 11) is -3.73. The number of allylic oxidation sites excluding steroid dienone is 1. The maximum atomic E-state index is 13.3. The van der Waals surface area contributed by atoms with Gasteiger partial charge in [-0.2, -0.15) is 0 Å². The van der Waals surface area contributed by atoms with Crippen LogP contribution in [0.1, 0.15) is 38.2 Å². The van der Waals surface area contributed by atoms with Gasteiger partial charge in [0.25, 0.3) is 10.0 Å². The molecule has 134 valence electrons. The number of aryl methyl sites for hydroxylation is 1. The molecule has 1 aliphatic heterocycles. The van der Waals surface area contributed by atoms with Crippen LogP contribution in [0.4, 0.5) is 0 Å². The van der Waals surface area contributed by atoms with Gasteiger partial charge in [0.1, 0.15) is 0 Å². The second-order valence-electron chi connectivity index (χ2n) is 6.42. The fourth-order valence-electron chi connectivity index (χ4n) is 3.43. The highest BCUT2D eigenvalue weighted by atomic mass is 32.2. The number of hydrogen-bond donors (Lipinski definition) is 0. The van der Waals surface area contributed by atoms with Crippen LogP contribution in [0.2, 0.25) is 0 Å². The molecule has 25 heavy (non-hydrogen) atoms. The molecule has 1 unspecified atom stereocenters. The SMILES string of the molecule is CCOC(=O)C=C1C=C2CCCCC2N1S(=O)(=O)c1ccc(C)cc1. The van der Waals surface area contributed by atoms with Crippen LogP contribution in [0.3, 0.4) is 0 Å². The summed E-state index contributed by atoms with van der Waals surface area (Å²) in [5.74, 6) is -0.517. The summed E-state index contributed by atoms with van der Waals surface area (Å²) in [6.45, 7) is 3.90. The van der Waals surface area contributed by atoms with Gasteiger partial charge in [-0.25, -0.2) is 13.2 Å². The number of benzene rings is 1. The van der Waals surface area contributed by atoms with Crippen LogP contribution in [0.15, 0.2) is 52.6 Å². The smallest absolute Gasteiger partial charge is 0.332 e. The van der Waals surface area contributed by atoms with Crippen molar-refractivity contribution >= 4 is 16.0 Å². The van der Waals surface area contributed by atoms with Gasteiger partial charge in [-0.15, -0.1) is 0 Å². The molecule has 1 aromatic rings. The lowest BCUT2D eigenvalue weighted by atomic mass is 9.92. The molecule has 0 radical (unpaired) electrons. The second-order valence-corrected chi connectivity index (χ2v) is 8.23. The molecule has 1 heterocycles. The molecule has 5 nitrogen and oxygen atoms in total.